The maximum atomic E-state index is 11.9. The quantitative estimate of drug-likeness (QED) is 0.764. The Labute approximate surface area is 114 Å². The van der Waals surface area contributed by atoms with Gasteiger partial charge in [-0.05, 0) is 19.3 Å². The van der Waals surface area contributed by atoms with Crippen molar-refractivity contribution >= 4 is 5.91 Å². The van der Waals surface area contributed by atoms with Gasteiger partial charge in [-0.25, -0.2) is 4.98 Å². The molecule has 0 atom stereocenters. The molecular formula is C14H24N4O. The highest BCUT2D eigenvalue weighted by Crippen LogP contribution is 2.28. The Morgan fingerprint density at radius 2 is 2.16 bits per heavy atom. The number of hydrogen-bond donors (Lipinski definition) is 2. The number of aromatic nitrogens is 2. The molecule has 1 saturated carbocycles. The van der Waals surface area contributed by atoms with Gasteiger partial charge >= 0.3 is 0 Å². The van der Waals surface area contributed by atoms with Gasteiger partial charge in [0.05, 0.1) is 6.33 Å². The van der Waals surface area contributed by atoms with Crippen LogP contribution in [0.15, 0.2) is 18.7 Å². The standard InChI is InChI=1S/C14H24N4O/c15-14(5-2-1-3-6-14)11-13(19)17-7-4-9-18-10-8-16-12-18/h8,10,12H,1-7,9,11,15H2,(H,17,19). The Kier molecular flexibility index (Phi) is 4.96. The molecule has 0 spiro atoms. The van der Waals surface area contributed by atoms with Crippen LogP contribution in [0.2, 0.25) is 0 Å². The van der Waals surface area contributed by atoms with Gasteiger partial charge in [0.25, 0.3) is 0 Å². The van der Waals surface area contributed by atoms with E-state index in [1.54, 1.807) is 12.5 Å². The molecule has 106 valence electrons. The molecule has 0 aliphatic heterocycles. The summed E-state index contributed by atoms with van der Waals surface area (Å²) in [5, 5.41) is 2.96. The molecule has 3 N–H and O–H groups in total. The maximum absolute atomic E-state index is 11.9. The first-order valence-electron chi connectivity index (χ1n) is 7.19. The van der Waals surface area contributed by atoms with E-state index in [2.05, 4.69) is 10.3 Å². The molecule has 1 aromatic heterocycles. The highest BCUT2D eigenvalue weighted by atomic mass is 16.1. The lowest BCUT2D eigenvalue weighted by Crippen LogP contribution is -2.46. The minimum Gasteiger partial charge on any atom is -0.356 e. The van der Waals surface area contributed by atoms with Gasteiger partial charge in [0.1, 0.15) is 0 Å². The Bertz CT molecular complexity index is 382. The van der Waals surface area contributed by atoms with Crippen molar-refractivity contribution in [3.63, 3.8) is 0 Å². The van der Waals surface area contributed by atoms with Gasteiger partial charge in [0.15, 0.2) is 0 Å². The number of nitrogens with two attached hydrogens (primary N) is 1. The fraction of sp³-hybridized carbons (Fsp3) is 0.714. The van der Waals surface area contributed by atoms with Crippen LogP contribution in [0.1, 0.15) is 44.9 Å². The van der Waals surface area contributed by atoms with Crippen LogP contribution in [0.4, 0.5) is 0 Å². The van der Waals surface area contributed by atoms with E-state index >= 15 is 0 Å². The van der Waals surface area contributed by atoms with Crippen molar-refractivity contribution in [2.24, 2.45) is 5.73 Å². The molecule has 5 nitrogen and oxygen atoms in total. The summed E-state index contributed by atoms with van der Waals surface area (Å²) in [6.07, 6.45) is 12.4. The number of carbonyl (C=O) groups excluding carboxylic acids is 1. The zero-order chi connectivity index (χ0) is 13.6. The SMILES string of the molecule is NC1(CC(=O)NCCCn2ccnc2)CCCCC1. The lowest BCUT2D eigenvalue weighted by Gasteiger charge is -2.32. The third-order valence-electron chi connectivity index (χ3n) is 3.84. The molecule has 1 heterocycles. The Morgan fingerprint density at radius 1 is 1.37 bits per heavy atom. The molecule has 1 amide bonds. The molecule has 0 unspecified atom stereocenters. The normalized spacial score (nSPS) is 18.2. The Hall–Kier alpha value is -1.36. The molecular weight excluding hydrogens is 240 g/mol. The van der Waals surface area contributed by atoms with Gasteiger partial charge in [0, 0.05) is 37.4 Å². The van der Waals surface area contributed by atoms with E-state index in [0.29, 0.717) is 13.0 Å². The molecule has 1 fully saturated rings. The van der Waals surface area contributed by atoms with Crippen molar-refractivity contribution in [1.82, 2.24) is 14.9 Å². The molecule has 0 saturated heterocycles. The van der Waals surface area contributed by atoms with Crippen LogP contribution in [-0.4, -0.2) is 27.5 Å². The zero-order valence-corrected chi connectivity index (χ0v) is 11.5. The first-order chi connectivity index (χ1) is 9.18. The van der Waals surface area contributed by atoms with Crippen LogP contribution >= 0.6 is 0 Å². The van der Waals surface area contributed by atoms with E-state index < -0.39 is 0 Å². The van der Waals surface area contributed by atoms with Gasteiger partial charge in [-0.1, -0.05) is 19.3 Å². The second-order valence-electron chi connectivity index (χ2n) is 5.60. The molecule has 1 aliphatic rings. The number of hydrogen-bond acceptors (Lipinski definition) is 3. The molecule has 1 aliphatic carbocycles. The van der Waals surface area contributed by atoms with Gasteiger partial charge < -0.3 is 15.6 Å². The van der Waals surface area contributed by atoms with E-state index in [-0.39, 0.29) is 11.4 Å². The third kappa shape index (κ3) is 4.67. The molecule has 0 bridgehead atoms. The lowest BCUT2D eigenvalue weighted by atomic mass is 9.80. The number of aryl methyl sites for hydroxylation is 1. The Morgan fingerprint density at radius 3 is 2.84 bits per heavy atom. The smallest absolute Gasteiger partial charge is 0.221 e. The van der Waals surface area contributed by atoms with E-state index in [4.69, 9.17) is 5.73 Å². The maximum Gasteiger partial charge on any atom is 0.221 e. The lowest BCUT2D eigenvalue weighted by molar-refractivity contribution is -0.122. The summed E-state index contributed by atoms with van der Waals surface area (Å²) in [7, 11) is 0. The van der Waals surface area contributed by atoms with E-state index in [1.165, 1.54) is 6.42 Å². The van der Waals surface area contributed by atoms with Crippen LogP contribution < -0.4 is 11.1 Å². The average Bonchev–Trinajstić information content (AvgIpc) is 2.88. The number of imidazole rings is 1. The summed E-state index contributed by atoms with van der Waals surface area (Å²) in [4.78, 5) is 15.8. The highest BCUT2D eigenvalue weighted by Gasteiger charge is 2.29. The Balaban J connectivity index is 1.61. The number of amides is 1. The first-order valence-corrected chi connectivity index (χ1v) is 7.19. The number of carbonyl (C=O) groups is 1. The van der Waals surface area contributed by atoms with E-state index in [9.17, 15) is 4.79 Å². The third-order valence-corrected chi connectivity index (χ3v) is 3.84. The van der Waals surface area contributed by atoms with Crippen LogP contribution in [-0.2, 0) is 11.3 Å². The van der Waals surface area contributed by atoms with Crippen molar-refractivity contribution in [2.75, 3.05) is 6.54 Å². The monoisotopic (exact) mass is 264 g/mol. The second-order valence-corrected chi connectivity index (χ2v) is 5.60. The average molecular weight is 264 g/mol. The minimum atomic E-state index is -0.257. The fourth-order valence-corrected chi connectivity index (χ4v) is 2.72. The number of nitrogens with one attached hydrogen (secondary N) is 1. The van der Waals surface area contributed by atoms with E-state index in [0.717, 1.165) is 38.6 Å². The van der Waals surface area contributed by atoms with Crippen LogP contribution in [0, 0.1) is 0 Å². The topological polar surface area (TPSA) is 72.9 Å². The summed E-state index contributed by atoms with van der Waals surface area (Å²) < 4.78 is 2.01. The molecule has 0 radical (unpaired) electrons. The minimum absolute atomic E-state index is 0.0926. The van der Waals surface area contributed by atoms with Crippen LogP contribution in [0.5, 0.6) is 0 Å². The van der Waals surface area contributed by atoms with Gasteiger partial charge in [0.2, 0.25) is 5.91 Å². The molecule has 0 aromatic carbocycles. The summed E-state index contributed by atoms with van der Waals surface area (Å²) in [5.41, 5.74) is 6.01. The largest absolute Gasteiger partial charge is 0.356 e. The molecule has 2 rings (SSSR count). The van der Waals surface area contributed by atoms with Crippen molar-refractivity contribution in [3.05, 3.63) is 18.7 Å². The van der Waals surface area contributed by atoms with E-state index in [1.807, 2.05) is 10.8 Å². The summed E-state index contributed by atoms with van der Waals surface area (Å²) in [5.74, 6) is 0.0926. The highest BCUT2D eigenvalue weighted by molar-refractivity contribution is 5.77. The fourth-order valence-electron chi connectivity index (χ4n) is 2.72. The summed E-state index contributed by atoms with van der Waals surface area (Å²) in [6, 6.07) is 0. The van der Waals surface area contributed by atoms with Gasteiger partial charge in [-0.15, -0.1) is 0 Å². The molecule has 19 heavy (non-hydrogen) atoms. The predicted octanol–water partition coefficient (Wildman–Crippen LogP) is 1.44. The summed E-state index contributed by atoms with van der Waals surface area (Å²) in [6.45, 7) is 1.58. The molecule has 5 heteroatoms. The number of nitrogens with zero attached hydrogens (tertiary/aromatic N) is 2. The predicted molar refractivity (Wildman–Crippen MR) is 74.5 cm³/mol. The van der Waals surface area contributed by atoms with Crippen molar-refractivity contribution in [2.45, 2.75) is 57.0 Å². The van der Waals surface area contributed by atoms with Gasteiger partial charge in [-0.2, -0.15) is 0 Å². The van der Waals surface area contributed by atoms with Gasteiger partial charge in [-0.3, -0.25) is 4.79 Å². The zero-order valence-electron chi connectivity index (χ0n) is 11.5. The molecule has 1 aromatic rings. The van der Waals surface area contributed by atoms with Crippen LogP contribution in [0.3, 0.4) is 0 Å². The first kappa shape index (κ1) is 14.1. The van der Waals surface area contributed by atoms with Crippen molar-refractivity contribution < 1.29 is 4.79 Å². The van der Waals surface area contributed by atoms with Crippen LogP contribution in [0.25, 0.3) is 0 Å². The number of rotatable bonds is 6. The summed E-state index contributed by atoms with van der Waals surface area (Å²) >= 11 is 0. The van der Waals surface area contributed by atoms with Crippen molar-refractivity contribution in [3.8, 4) is 0 Å². The second kappa shape index (κ2) is 6.70. The van der Waals surface area contributed by atoms with Crippen molar-refractivity contribution in [1.29, 1.82) is 0 Å².